The van der Waals surface area contributed by atoms with Gasteiger partial charge in [-0.05, 0) is 43.1 Å². The molecule has 0 spiro atoms. The number of hydrogen-bond acceptors (Lipinski definition) is 3. The lowest BCUT2D eigenvalue weighted by Crippen LogP contribution is -2.25. The highest BCUT2D eigenvalue weighted by Crippen LogP contribution is 2.44. The standard InChI is InChI=1S/C18H28O3/c1-18(2)10-8-14(9-11-18)17(19)15-6-4-5-7-16(15)21-13-12-20-3/h4-7,14,17,19H,8-13H2,1-3H3. The van der Waals surface area contributed by atoms with E-state index in [1.807, 2.05) is 24.3 Å². The molecule has 0 bridgehead atoms. The minimum atomic E-state index is -0.431. The maximum absolute atomic E-state index is 10.7. The fourth-order valence-corrected chi connectivity index (χ4v) is 3.08. The maximum Gasteiger partial charge on any atom is 0.125 e. The summed E-state index contributed by atoms with van der Waals surface area (Å²) in [6.45, 7) is 5.70. The van der Waals surface area contributed by atoms with Gasteiger partial charge in [0.2, 0.25) is 0 Å². The largest absolute Gasteiger partial charge is 0.491 e. The van der Waals surface area contributed by atoms with Gasteiger partial charge < -0.3 is 14.6 Å². The third-order valence-corrected chi connectivity index (χ3v) is 4.61. The van der Waals surface area contributed by atoms with Gasteiger partial charge in [-0.3, -0.25) is 0 Å². The van der Waals surface area contributed by atoms with E-state index in [-0.39, 0.29) is 0 Å². The van der Waals surface area contributed by atoms with Gasteiger partial charge >= 0.3 is 0 Å². The number of ether oxygens (including phenoxy) is 2. The highest BCUT2D eigenvalue weighted by atomic mass is 16.5. The van der Waals surface area contributed by atoms with Crippen LogP contribution < -0.4 is 4.74 Å². The van der Waals surface area contributed by atoms with Crippen LogP contribution in [0.3, 0.4) is 0 Å². The van der Waals surface area contributed by atoms with Crippen molar-refractivity contribution in [2.24, 2.45) is 11.3 Å². The number of methoxy groups -OCH3 is 1. The van der Waals surface area contributed by atoms with Gasteiger partial charge in [-0.1, -0.05) is 32.0 Å². The van der Waals surface area contributed by atoms with Crippen molar-refractivity contribution in [2.75, 3.05) is 20.3 Å². The van der Waals surface area contributed by atoms with Crippen LogP contribution in [0.1, 0.15) is 51.2 Å². The first kappa shape index (κ1) is 16.3. The van der Waals surface area contributed by atoms with Crippen LogP contribution in [0.25, 0.3) is 0 Å². The number of aliphatic hydroxyl groups is 1. The molecule has 3 nitrogen and oxygen atoms in total. The Morgan fingerprint density at radius 3 is 2.52 bits per heavy atom. The van der Waals surface area contributed by atoms with Crippen LogP contribution in [-0.4, -0.2) is 25.4 Å². The number of rotatable bonds is 6. The summed E-state index contributed by atoms with van der Waals surface area (Å²) < 4.78 is 10.8. The highest BCUT2D eigenvalue weighted by Gasteiger charge is 2.32. The summed E-state index contributed by atoms with van der Waals surface area (Å²) in [6.07, 6.45) is 4.10. The lowest BCUT2D eigenvalue weighted by molar-refractivity contribution is 0.0537. The Morgan fingerprint density at radius 2 is 1.86 bits per heavy atom. The zero-order valence-corrected chi connectivity index (χ0v) is 13.5. The molecule has 1 aromatic carbocycles. The SMILES string of the molecule is COCCOc1ccccc1C(O)C1CCC(C)(C)CC1. The third kappa shape index (κ3) is 4.45. The van der Waals surface area contributed by atoms with Gasteiger partial charge in [-0.2, -0.15) is 0 Å². The Hall–Kier alpha value is -1.06. The Labute approximate surface area is 128 Å². The van der Waals surface area contributed by atoms with Crippen molar-refractivity contribution >= 4 is 0 Å². The van der Waals surface area contributed by atoms with Crippen LogP contribution in [-0.2, 0) is 4.74 Å². The van der Waals surface area contributed by atoms with E-state index >= 15 is 0 Å². The second kappa shape index (κ2) is 7.28. The zero-order valence-electron chi connectivity index (χ0n) is 13.5. The minimum absolute atomic E-state index is 0.338. The first-order valence-corrected chi connectivity index (χ1v) is 7.92. The molecule has 118 valence electrons. The summed E-state index contributed by atoms with van der Waals surface area (Å²) in [5, 5.41) is 10.7. The van der Waals surface area contributed by atoms with Gasteiger partial charge in [0.25, 0.3) is 0 Å². The van der Waals surface area contributed by atoms with Gasteiger partial charge in [0, 0.05) is 12.7 Å². The van der Waals surface area contributed by atoms with Crippen molar-refractivity contribution in [3.8, 4) is 5.75 Å². The number of para-hydroxylation sites is 1. The molecule has 0 radical (unpaired) electrons. The molecule has 0 aliphatic heterocycles. The van der Waals surface area contributed by atoms with Crippen LogP contribution in [0.2, 0.25) is 0 Å². The predicted octanol–water partition coefficient (Wildman–Crippen LogP) is 3.96. The number of benzene rings is 1. The fourth-order valence-electron chi connectivity index (χ4n) is 3.08. The molecule has 1 unspecified atom stereocenters. The molecule has 2 rings (SSSR count). The highest BCUT2D eigenvalue weighted by molar-refractivity contribution is 5.35. The summed E-state index contributed by atoms with van der Waals surface area (Å²) >= 11 is 0. The van der Waals surface area contributed by atoms with E-state index in [0.717, 1.165) is 24.2 Å². The summed E-state index contributed by atoms with van der Waals surface area (Å²) in [7, 11) is 1.66. The first-order valence-electron chi connectivity index (χ1n) is 7.92. The van der Waals surface area contributed by atoms with E-state index in [0.29, 0.717) is 24.5 Å². The maximum atomic E-state index is 10.7. The molecule has 1 fully saturated rings. The summed E-state index contributed by atoms with van der Waals surface area (Å²) in [4.78, 5) is 0. The second-order valence-electron chi connectivity index (χ2n) is 6.83. The van der Waals surface area contributed by atoms with Crippen molar-refractivity contribution in [1.29, 1.82) is 0 Å². The van der Waals surface area contributed by atoms with E-state index in [1.165, 1.54) is 12.8 Å². The molecule has 0 heterocycles. The van der Waals surface area contributed by atoms with Crippen LogP contribution in [0.4, 0.5) is 0 Å². The quantitative estimate of drug-likeness (QED) is 0.807. The van der Waals surface area contributed by atoms with Crippen molar-refractivity contribution in [3.05, 3.63) is 29.8 Å². The Kier molecular flexibility index (Phi) is 5.65. The van der Waals surface area contributed by atoms with Crippen molar-refractivity contribution in [1.82, 2.24) is 0 Å². The van der Waals surface area contributed by atoms with E-state index in [1.54, 1.807) is 7.11 Å². The van der Waals surface area contributed by atoms with Gasteiger partial charge in [-0.15, -0.1) is 0 Å². The smallest absolute Gasteiger partial charge is 0.125 e. The zero-order chi connectivity index (χ0) is 15.3. The average molecular weight is 292 g/mol. The molecule has 1 saturated carbocycles. The summed E-state index contributed by atoms with van der Waals surface area (Å²) in [6, 6.07) is 7.82. The number of hydrogen-bond donors (Lipinski definition) is 1. The minimum Gasteiger partial charge on any atom is -0.491 e. The molecule has 1 aliphatic rings. The van der Waals surface area contributed by atoms with E-state index in [2.05, 4.69) is 13.8 Å². The van der Waals surface area contributed by atoms with Gasteiger partial charge in [0.15, 0.2) is 0 Å². The molecule has 1 aromatic rings. The van der Waals surface area contributed by atoms with Gasteiger partial charge in [0.05, 0.1) is 12.7 Å². The first-order chi connectivity index (χ1) is 10.0. The van der Waals surface area contributed by atoms with Crippen LogP contribution in [0, 0.1) is 11.3 Å². The Balaban J connectivity index is 2.03. The van der Waals surface area contributed by atoms with Gasteiger partial charge in [0.1, 0.15) is 12.4 Å². The van der Waals surface area contributed by atoms with Crippen molar-refractivity contribution in [3.63, 3.8) is 0 Å². The van der Waals surface area contributed by atoms with Crippen LogP contribution in [0.15, 0.2) is 24.3 Å². The fraction of sp³-hybridized carbons (Fsp3) is 0.667. The Morgan fingerprint density at radius 1 is 1.19 bits per heavy atom. The van der Waals surface area contributed by atoms with E-state index in [9.17, 15) is 5.11 Å². The molecular formula is C18H28O3. The molecule has 3 heteroatoms. The van der Waals surface area contributed by atoms with E-state index < -0.39 is 6.10 Å². The number of aliphatic hydroxyl groups excluding tert-OH is 1. The molecule has 0 saturated heterocycles. The molecule has 0 amide bonds. The van der Waals surface area contributed by atoms with Crippen LogP contribution in [0.5, 0.6) is 5.75 Å². The van der Waals surface area contributed by atoms with Crippen molar-refractivity contribution in [2.45, 2.75) is 45.6 Å². The average Bonchev–Trinajstić information content (AvgIpc) is 2.47. The third-order valence-electron chi connectivity index (χ3n) is 4.61. The molecule has 21 heavy (non-hydrogen) atoms. The van der Waals surface area contributed by atoms with Crippen LogP contribution >= 0.6 is 0 Å². The summed E-state index contributed by atoms with van der Waals surface area (Å²) in [5.41, 5.74) is 1.34. The monoisotopic (exact) mass is 292 g/mol. The molecule has 0 aromatic heterocycles. The lowest BCUT2D eigenvalue weighted by atomic mass is 9.71. The molecule has 1 aliphatic carbocycles. The van der Waals surface area contributed by atoms with E-state index in [4.69, 9.17) is 9.47 Å². The second-order valence-corrected chi connectivity index (χ2v) is 6.83. The molecule has 1 N–H and O–H groups in total. The summed E-state index contributed by atoms with van der Waals surface area (Å²) in [5.74, 6) is 1.12. The molecule has 1 atom stereocenters. The predicted molar refractivity (Wildman–Crippen MR) is 84.5 cm³/mol. The van der Waals surface area contributed by atoms with Gasteiger partial charge in [-0.25, -0.2) is 0 Å². The normalized spacial score (nSPS) is 20.2. The molecular weight excluding hydrogens is 264 g/mol. The lowest BCUT2D eigenvalue weighted by Gasteiger charge is -2.36. The Bertz CT molecular complexity index is 432. The topological polar surface area (TPSA) is 38.7 Å². The van der Waals surface area contributed by atoms with Crippen molar-refractivity contribution < 1.29 is 14.6 Å².